The molecule has 1 heterocycles. The second kappa shape index (κ2) is 6.94. The molecule has 0 bridgehead atoms. The van der Waals surface area contributed by atoms with Gasteiger partial charge in [-0.15, -0.1) is 0 Å². The maximum atomic E-state index is 14.2. The first-order valence-corrected chi connectivity index (χ1v) is 9.32. The van der Waals surface area contributed by atoms with Crippen LogP contribution < -0.4 is 10.9 Å². The number of aromatic amines is 1. The van der Waals surface area contributed by atoms with Crippen LogP contribution in [-0.2, 0) is 0 Å². The molecule has 10 heteroatoms. The number of fused-ring (bicyclic) bond motifs is 2. The van der Waals surface area contributed by atoms with Gasteiger partial charge in [0.1, 0.15) is 17.4 Å². The molecule has 0 spiro atoms. The molecule has 0 amide bonds. The van der Waals surface area contributed by atoms with Gasteiger partial charge in [-0.1, -0.05) is 6.92 Å². The second-order valence-electron chi connectivity index (χ2n) is 7.74. The fourth-order valence-corrected chi connectivity index (χ4v) is 4.32. The van der Waals surface area contributed by atoms with Gasteiger partial charge in [-0.2, -0.15) is 13.2 Å². The fraction of sp³-hybridized carbons (Fsp3) is 0.286. The molecule has 4 N–H and O–H groups in total. The van der Waals surface area contributed by atoms with E-state index in [0.29, 0.717) is 0 Å². The Kier molecular flexibility index (Phi) is 4.73. The minimum atomic E-state index is -5.11. The van der Waals surface area contributed by atoms with Crippen LogP contribution >= 0.6 is 0 Å². The molecule has 164 valence electrons. The lowest BCUT2D eigenvalue weighted by Crippen LogP contribution is -2.55. The van der Waals surface area contributed by atoms with Crippen molar-refractivity contribution in [2.24, 2.45) is 0 Å². The Morgan fingerprint density at radius 1 is 1.16 bits per heavy atom. The number of pyridine rings is 1. The minimum absolute atomic E-state index is 0.0235. The Morgan fingerprint density at radius 3 is 2.55 bits per heavy atom. The van der Waals surface area contributed by atoms with Crippen molar-refractivity contribution in [1.82, 2.24) is 4.98 Å². The molecule has 0 aliphatic heterocycles. The maximum Gasteiger partial charge on any atom is 0.419 e. The van der Waals surface area contributed by atoms with Crippen LogP contribution in [0.1, 0.15) is 36.4 Å². The molecule has 0 saturated carbocycles. The molecule has 0 unspecified atom stereocenters. The van der Waals surface area contributed by atoms with Crippen molar-refractivity contribution in [2.45, 2.75) is 37.1 Å². The maximum absolute atomic E-state index is 14.2. The minimum Gasteiger partial charge on any atom is -0.508 e. The van der Waals surface area contributed by atoms with E-state index in [-0.39, 0.29) is 27.7 Å². The number of H-pyrrole nitrogens is 1. The van der Waals surface area contributed by atoms with E-state index in [1.54, 1.807) is 0 Å². The predicted molar refractivity (Wildman–Crippen MR) is 103 cm³/mol. The molecule has 3 aromatic rings. The van der Waals surface area contributed by atoms with Crippen LogP contribution in [0.15, 0.2) is 41.2 Å². The van der Waals surface area contributed by atoms with Crippen LogP contribution in [0.25, 0.3) is 10.9 Å². The van der Waals surface area contributed by atoms with Crippen LogP contribution in [-0.4, -0.2) is 27.0 Å². The lowest BCUT2D eigenvalue weighted by atomic mass is 9.70. The van der Waals surface area contributed by atoms with Gasteiger partial charge in [-0.05, 0) is 42.2 Å². The standard InChI is InChI=1S/C21H17F5N2O3/c1-9-8-20(31,21(24,25)26)19(12-6-10(22)7-15(29)17(9)12)27-14-4-3-13(23)18-11(14)2-5-16(30)28-18/h2-7,9,19,27,29,31H,8H2,1H3,(H,28,30)/t9-,19+,20-/m1/s1. The molecule has 1 aliphatic carbocycles. The number of alkyl halides is 3. The number of phenols is 1. The number of nitrogens with one attached hydrogen (secondary N) is 2. The highest BCUT2D eigenvalue weighted by Crippen LogP contribution is 2.54. The first-order valence-electron chi connectivity index (χ1n) is 9.32. The molecule has 1 aromatic heterocycles. The summed E-state index contributed by atoms with van der Waals surface area (Å²) in [7, 11) is 0. The third kappa shape index (κ3) is 3.31. The van der Waals surface area contributed by atoms with Crippen LogP contribution in [0, 0.1) is 11.6 Å². The number of benzene rings is 2. The van der Waals surface area contributed by atoms with Gasteiger partial charge >= 0.3 is 6.18 Å². The first-order chi connectivity index (χ1) is 14.4. The van der Waals surface area contributed by atoms with E-state index in [9.17, 15) is 37.0 Å². The lowest BCUT2D eigenvalue weighted by molar-refractivity contribution is -0.272. The third-order valence-corrected chi connectivity index (χ3v) is 5.69. The number of aromatic nitrogens is 1. The molecule has 0 radical (unpaired) electrons. The Labute approximate surface area is 172 Å². The zero-order valence-electron chi connectivity index (χ0n) is 16.0. The van der Waals surface area contributed by atoms with Gasteiger partial charge in [0.2, 0.25) is 5.56 Å². The van der Waals surface area contributed by atoms with E-state index in [2.05, 4.69) is 10.3 Å². The molecular weight excluding hydrogens is 423 g/mol. The Morgan fingerprint density at radius 2 is 1.87 bits per heavy atom. The molecule has 4 rings (SSSR count). The zero-order valence-corrected chi connectivity index (χ0v) is 16.0. The van der Waals surface area contributed by atoms with Crippen LogP contribution in [0.3, 0.4) is 0 Å². The number of rotatable bonds is 2. The van der Waals surface area contributed by atoms with Gasteiger partial charge in [-0.25, -0.2) is 8.78 Å². The van der Waals surface area contributed by atoms with Crippen molar-refractivity contribution in [3.63, 3.8) is 0 Å². The SMILES string of the molecule is C[C@@H]1C[C@](O)(C(F)(F)F)[C@@H](Nc2ccc(F)c3[nH]c(=O)ccc23)c2cc(F)cc(O)c21. The molecule has 0 fully saturated rings. The number of aliphatic hydroxyl groups is 1. The zero-order chi connectivity index (χ0) is 22.7. The molecular formula is C21H17F5N2O3. The summed E-state index contributed by atoms with van der Waals surface area (Å²) in [5.74, 6) is -3.23. The van der Waals surface area contributed by atoms with Crippen LogP contribution in [0.4, 0.5) is 27.6 Å². The molecule has 2 aromatic carbocycles. The number of halogens is 5. The molecule has 5 nitrogen and oxygen atoms in total. The van der Waals surface area contributed by atoms with Crippen LogP contribution in [0.2, 0.25) is 0 Å². The summed E-state index contributed by atoms with van der Waals surface area (Å²) in [6.45, 7) is 1.39. The van der Waals surface area contributed by atoms with Crippen molar-refractivity contribution in [3.05, 3.63) is 69.5 Å². The monoisotopic (exact) mass is 440 g/mol. The van der Waals surface area contributed by atoms with Crippen LogP contribution in [0.5, 0.6) is 5.75 Å². The highest BCUT2D eigenvalue weighted by Gasteiger charge is 2.62. The van der Waals surface area contributed by atoms with Crippen molar-refractivity contribution in [1.29, 1.82) is 0 Å². The number of hydrogen-bond acceptors (Lipinski definition) is 4. The molecule has 3 atom stereocenters. The van der Waals surface area contributed by atoms with Crippen molar-refractivity contribution >= 4 is 16.6 Å². The van der Waals surface area contributed by atoms with E-state index in [1.807, 2.05) is 0 Å². The van der Waals surface area contributed by atoms with E-state index < -0.39 is 53.1 Å². The van der Waals surface area contributed by atoms with Gasteiger partial charge in [0.05, 0.1) is 11.6 Å². The second-order valence-corrected chi connectivity index (χ2v) is 7.74. The summed E-state index contributed by atoms with van der Waals surface area (Å²) >= 11 is 0. The van der Waals surface area contributed by atoms with Gasteiger partial charge in [0.15, 0.2) is 5.60 Å². The van der Waals surface area contributed by atoms with Crippen molar-refractivity contribution < 1.29 is 32.2 Å². The van der Waals surface area contributed by atoms with Gasteiger partial charge in [-0.3, -0.25) is 4.79 Å². The third-order valence-electron chi connectivity index (χ3n) is 5.69. The predicted octanol–water partition coefficient (Wildman–Crippen LogP) is 4.47. The Balaban J connectivity index is 1.95. The lowest BCUT2D eigenvalue weighted by Gasteiger charge is -2.45. The smallest absolute Gasteiger partial charge is 0.419 e. The van der Waals surface area contributed by atoms with Gasteiger partial charge in [0.25, 0.3) is 0 Å². The van der Waals surface area contributed by atoms with E-state index in [0.717, 1.165) is 30.3 Å². The van der Waals surface area contributed by atoms with E-state index in [1.165, 1.54) is 13.0 Å². The molecule has 0 saturated heterocycles. The number of hydrogen-bond donors (Lipinski definition) is 4. The van der Waals surface area contributed by atoms with E-state index in [4.69, 9.17) is 0 Å². The van der Waals surface area contributed by atoms with Gasteiger partial charge in [0, 0.05) is 28.8 Å². The van der Waals surface area contributed by atoms with Crippen molar-refractivity contribution in [3.8, 4) is 5.75 Å². The Hall–Kier alpha value is -3.14. The topological polar surface area (TPSA) is 85.4 Å². The average molecular weight is 440 g/mol. The van der Waals surface area contributed by atoms with Crippen molar-refractivity contribution in [2.75, 3.05) is 5.32 Å². The number of phenolic OH excluding ortho intramolecular Hbond substituents is 1. The summed E-state index contributed by atoms with van der Waals surface area (Å²) in [6, 6.07) is 4.11. The average Bonchev–Trinajstić information content (AvgIpc) is 2.65. The summed E-state index contributed by atoms with van der Waals surface area (Å²) in [6.07, 6.45) is -5.90. The highest BCUT2D eigenvalue weighted by molar-refractivity contribution is 5.91. The fourth-order valence-electron chi connectivity index (χ4n) is 4.32. The van der Waals surface area contributed by atoms with E-state index >= 15 is 0 Å². The largest absolute Gasteiger partial charge is 0.508 e. The Bertz CT molecular complexity index is 1240. The quantitative estimate of drug-likeness (QED) is 0.443. The number of aromatic hydroxyl groups is 1. The van der Waals surface area contributed by atoms with Gasteiger partial charge < -0.3 is 20.5 Å². The summed E-state index contributed by atoms with van der Waals surface area (Å²) in [5.41, 5.74) is -4.38. The molecule has 31 heavy (non-hydrogen) atoms. The molecule has 1 aliphatic rings. The first kappa shape index (κ1) is 21.1. The summed E-state index contributed by atoms with van der Waals surface area (Å²) in [5, 5.41) is 23.6. The summed E-state index contributed by atoms with van der Waals surface area (Å²) in [4.78, 5) is 13.8. The summed E-state index contributed by atoms with van der Waals surface area (Å²) < 4.78 is 70.3. The number of anilines is 1. The highest BCUT2D eigenvalue weighted by atomic mass is 19.4. The normalized spacial score (nSPS) is 23.6.